The molecule has 0 spiro atoms. The van der Waals surface area contributed by atoms with Gasteiger partial charge in [0.1, 0.15) is 11.5 Å². The van der Waals surface area contributed by atoms with Crippen molar-refractivity contribution in [1.29, 1.82) is 0 Å². The number of anilines is 1. The van der Waals surface area contributed by atoms with Gasteiger partial charge in [-0.2, -0.15) is 0 Å². The van der Waals surface area contributed by atoms with Crippen molar-refractivity contribution in [3.63, 3.8) is 0 Å². The van der Waals surface area contributed by atoms with E-state index in [-0.39, 0.29) is 12.5 Å². The van der Waals surface area contributed by atoms with Gasteiger partial charge >= 0.3 is 0 Å². The number of rotatable bonds is 12. The lowest BCUT2D eigenvalue weighted by Gasteiger charge is -2.10. The van der Waals surface area contributed by atoms with Crippen LogP contribution in [0.4, 0.5) is 5.69 Å². The number of carbonyl (C=O) groups excluding carboxylic acids is 1. The summed E-state index contributed by atoms with van der Waals surface area (Å²) in [7, 11) is 0. The Bertz CT molecular complexity index is 682. The number of hydrogen-bond donors (Lipinski definition) is 1. The molecule has 0 aliphatic heterocycles. The van der Waals surface area contributed by atoms with Crippen LogP contribution in [0.15, 0.2) is 48.5 Å². The number of benzene rings is 2. The van der Waals surface area contributed by atoms with E-state index in [4.69, 9.17) is 9.47 Å². The van der Waals surface area contributed by atoms with Gasteiger partial charge in [-0.05, 0) is 42.7 Å². The molecular weight excluding hydrogens is 338 g/mol. The molecule has 1 amide bonds. The topological polar surface area (TPSA) is 47.6 Å². The van der Waals surface area contributed by atoms with Crippen LogP contribution in [0.3, 0.4) is 0 Å². The van der Waals surface area contributed by atoms with Gasteiger partial charge in [-0.25, -0.2) is 0 Å². The molecule has 0 saturated carbocycles. The lowest BCUT2D eigenvalue weighted by molar-refractivity contribution is -0.118. The molecule has 0 saturated heterocycles. The van der Waals surface area contributed by atoms with Gasteiger partial charge in [0.2, 0.25) is 0 Å². The molecular formula is C23H31NO3. The van der Waals surface area contributed by atoms with Gasteiger partial charge in [-0.3, -0.25) is 4.79 Å². The summed E-state index contributed by atoms with van der Waals surface area (Å²) in [6.45, 7) is 5.00. The first-order chi connectivity index (χ1) is 13.2. The molecule has 0 bridgehead atoms. The predicted molar refractivity (Wildman–Crippen MR) is 111 cm³/mol. The highest BCUT2D eigenvalue weighted by Gasteiger charge is 2.05. The molecule has 0 aliphatic rings. The number of ether oxygens (including phenoxy) is 2. The molecule has 0 radical (unpaired) electrons. The highest BCUT2D eigenvalue weighted by Crippen LogP contribution is 2.18. The van der Waals surface area contributed by atoms with Gasteiger partial charge in [0.15, 0.2) is 6.61 Å². The molecule has 0 atom stereocenters. The zero-order valence-corrected chi connectivity index (χ0v) is 16.5. The summed E-state index contributed by atoms with van der Waals surface area (Å²) >= 11 is 0. The van der Waals surface area contributed by atoms with E-state index in [0.29, 0.717) is 18.0 Å². The summed E-state index contributed by atoms with van der Waals surface area (Å²) in [4.78, 5) is 12.1. The first-order valence-corrected chi connectivity index (χ1v) is 9.95. The normalized spacial score (nSPS) is 10.4. The third kappa shape index (κ3) is 8.16. The van der Waals surface area contributed by atoms with Crippen molar-refractivity contribution < 1.29 is 14.3 Å². The zero-order valence-electron chi connectivity index (χ0n) is 16.5. The summed E-state index contributed by atoms with van der Waals surface area (Å²) in [6.07, 6.45) is 7.03. The van der Waals surface area contributed by atoms with Gasteiger partial charge in [0.25, 0.3) is 5.91 Å². The Labute approximate surface area is 162 Å². The Hall–Kier alpha value is -2.49. The van der Waals surface area contributed by atoms with Crippen LogP contribution in [0.25, 0.3) is 0 Å². The van der Waals surface area contributed by atoms with E-state index in [1.54, 1.807) is 0 Å². The summed E-state index contributed by atoms with van der Waals surface area (Å²) < 4.78 is 11.3. The second-order valence-electron chi connectivity index (χ2n) is 6.62. The molecule has 0 aliphatic carbocycles. The first kappa shape index (κ1) is 20.8. The maximum atomic E-state index is 12.1. The minimum Gasteiger partial charge on any atom is -0.494 e. The maximum Gasteiger partial charge on any atom is 0.262 e. The standard InChI is InChI=1S/C23H31NO3/c1-3-5-6-7-8-16-26-22-11-9-10-20(17-22)24-23(25)18-27-21-14-12-19(4-2)13-15-21/h9-15,17H,3-8,16,18H2,1-2H3,(H,24,25). The Kier molecular flexibility index (Phi) is 9.25. The number of unbranched alkanes of at least 4 members (excludes halogenated alkanes) is 4. The summed E-state index contributed by atoms with van der Waals surface area (Å²) in [5, 5.41) is 2.85. The monoisotopic (exact) mass is 369 g/mol. The van der Waals surface area contributed by atoms with Crippen LogP contribution in [-0.4, -0.2) is 19.1 Å². The van der Waals surface area contributed by atoms with Crippen molar-refractivity contribution in [1.82, 2.24) is 0 Å². The van der Waals surface area contributed by atoms with Crippen molar-refractivity contribution in [2.45, 2.75) is 52.4 Å². The molecule has 2 aromatic rings. The van der Waals surface area contributed by atoms with Crippen LogP contribution < -0.4 is 14.8 Å². The van der Waals surface area contributed by atoms with E-state index in [0.717, 1.165) is 18.6 Å². The van der Waals surface area contributed by atoms with Crippen LogP contribution in [0.1, 0.15) is 51.5 Å². The molecule has 2 rings (SSSR count). The fourth-order valence-corrected chi connectivity index (χ4v) is 2.73. The van der Waals surface area contributed by atoms with Crippen LogP contribution >= 0.6 is 0 Å². The molecule has 146 valence electrons. The number of hydrogen-bond acceptors (Lipinski definition) is 3. The first-order valence-electron chi connectivity index (χ1n) is 9.95. The van der Waals surface area contributed by atoms with E-state index < -0.39 is 0 Å². The van der Waals surface area contributed by atoms with Crippen molar-refractivity contribution in [3.05, 3.63) is 54.1 Å². The van der Waals surface area contributed by atoms with Crippen LogP contribution in [0.5, 0.6) is 11.5 Å². The third-order valence-electron chi connectivity index (χ3n) is 4.34. The molecule has 4 nitrogen and oxygen atoms in total. The second kappa shape index (κ2) is 12.0. The minimum atomic E-state index is -0.189. The van der Waals surface area contributed by atoms with E-state index in [2.05, 4.69) is 19.2 Å². The lowest BCUT2D eigenvalue weighted by Crippen LogP contribution is -2.20. The second-order valence-corrected chi connectivity index (χ2v) is 6.62. The summed E-state index contributed by atoms with van der Waals surface area (Å²) in [5.74, 6) is 1.29. The maximum absolute atomic E-state index is 12.1. The largest absolute Gasteiger partial charge is 0.494 e. The molecule has 0 fully saturated rings. The van der Waals surface area contributed by atoms with Gasteiger partial charge in [0.05, 0.1) is 6.61 Å². The van der Waals surface area contributed by atoms with Crippen molar-refractivity contribution in [2.24, 2.45) is 0 Å². The highest BCUT2D eigenvalue weighted by atomic mass is 16.5. The number of nitrogens with one attached hydrogen (secondary N) is 1. The van der Waals surface area contributed by atoms with Crippen molar-refractivity contribution in [3.8, 4) is 11.5 Å². The third-order valence-corrected chi connectivity index (χ3v) is 4.34. The van der Waals surface area contributed by atoms with Gasteiger partial charge in [-0.15, -0.1) is 0 Å². The minimum absolute atomic E-state index is 0.0199. The van der Waals surface area contributed by atoms with Crippen molar-refractivity contribution in [2.75, 3.05) is 18.5 Å². The van der Waals surface area contributed by atoms with Crippen LogP contribution in [-0.2, 0) is 11.2 Å². The Balaban J connectivity index is 1.73. The zero-order chi connectivity index (χ0) is 19.3. The molecule has 27 heavy (non-hydrogen) atoms. The van der Waals surface area contributed by atoms with Crippen LogP contribution in [0.2, 0.25) is 0 Å². The Morgan fingerprint density at radius 3 is 2.41 bits per heavy atom. The molecule has 1 N–H and O–H groups in total. The Morgan fingerprint density at radius 2 is 1.67 bits per heavy atom. The number of amides is 1. The summed E-state index contributed by atoms with van der Waals surface area (Å²) in [6, 6.07) is 15.3. The SMILES string of the molecule is CCCCCCCOc1cccc(NC(=O)COc2ccc(CC)cc2)c1. The molecule has 4 heteroatoms. The highest BCUT2D eigenvalue weighted by molar-refractivity contribution is 5.92. The average molecular weight is 370 g/mol. The quantitative estimate of drug-likeness (QED) is 0.494. The molecule has 0 aromatic heterocycles. The molecule has 2 aromatic carbocycles. The van der Waals surface area contributed by atoms with Gasteiger partial charge < -0.3 is 14.8 Å². The van der Waals surface area contributed by atoms with E-state index in [1.807, 2.05) is 48.5 Å². The summed E-state index contributed by atoms with van der Waals surface area (Å²) in [5.41, 5.74) is 1.96. The fourth-order valence-electron chi connectivity index (χ4n) is 2.73. The number of aryl methyl sites for hydroxylation is 1. The van der Waals surface area contributed by atoms with Crippen LogP contribution in [0, 0.1) is 0 Å². The van der Waals surface area contributed by atoms with E-state index in [9.17, 15) is 4.79 Å². The van der Waals surface area contributed by atoms with E-state index in [1.165, 1.54) is 31.2 Å². The van der Waals surface area contributed by atoms with Gasteiger partial charge in [0, 0.05) is 11.8 Å². The average Bonchev–Trinajstić information content (AvgIpc) is 2.70. The fraction of sp³-hybridized carbons (Fsp3) is 0.435. The van der Waals surface area contributed by atoms with Gasteiger partial charge in [-0.1, -0.05) is 57.7 Å². The van der Waals surface area contributed by atoms with E-state index >= 15 is 0 Å². The molecule has 0 unspecified atom stereocenters. The number of carbonyl (C=O) groups is 1. The Morgan fingerprint density at radius 1 is 0.889 bits per heavy atom. The predicted octanol–water partition coefficient (Wildman–Crippen LogP) is 5.62. The smallest absolute Gasteiger partial charge is 0.262 e. The lowest BCUT2D eigenvalue weighted by atomic mass is 10.2. The molecule has 0 heterocycles. The van der Waals surface area contributed by atoms with Crippen molar-refractivity contribution >= 4 is 11.6 Å².